The molecule has 2 aromatic rings. The van der Waals surface area contributed by atoms with Crippen LogP contribution in [0.3, 0.4) is 0 Å². The van der Waals surface area contributed by atoms with Gasteiger partial charge in [0.2, 0.25) is 0 Å². The van der Waals surface area contributed by atoms with Crippen molar-refractivity contribution in [2.75, 3.05) is 6.54 Å². The molecule has 30 heavy (non-hydrogen) atoms. The molecule has 2 aromatic carbocycles. The van der Waals surface area contributed by atoms with Crippen LogP contribution in [0, 0.1) is 5.92 Å². The van der Waals surface area contributed by atoms with Crippen molar-refractivity contribution in [1.29, 1.82) is 0 Å². The molecule has 6 N–H and O–H groups in total. The Balaban J connectivity index is 1.62. The molecule has 1 heterocycles. The number of unbranched alkanes of at least 4 members (excludes halogenated alkanes) is 1. The predicted molar refractivity (Wildman–Crippen MR) is 107 cm³/mol. The summed E-state index contributed by atoms with van der Waals surface area (Å²) in [5.41, 5.74) is 0.229. The average Bonchev–Trinajstić information content (AvgIpc) is 3.50. The average molecular weight is 415 g/mol. The number of carbonyl (C=O) groups is 1. The maximum atomic E-state index is 13.2. The van der Waals surface area contributed by atoms with Crippen molar-refractivity contribution >= 4 is 5.78 Å². The van der Waals surface area contributed by atoms with Crippen LogP contribution < -0.4 is 10.1 Å². The van der Waals surface area contributed by atoms with Crippen LogP contribution in [-0.4, -0.2) is 43.9 Å². The SMILES string of the molecule is O=C1c2c(O)cc(O)cc2O[C@H](c2cc(O)c(O)c(O)c2)[C@@H]1NCCCCC1CC1. The van der Waals surface area contributed by atoms with Crippen molar-refractivity contribution in [3.05, 3.63) is 35.4 Å². The first kappa shape index (κ1) is 20.2. The fraction of sp³-hybridized carbons (Fsp3) is 0.409. The second kappa shape index (κ2) is 7.95. The van der Waals surface area contributed by atoms with Gasteiger partial charge in [-0.3, -0.25) is 4.79 Å². The first-order valence-electron chi connectivity index (χ1n) is 10.1. The standard InChI is InChI=1S/C22H25NO7/c24-13-9-14(25)18-17(10-13)30-22(12-7-15(26)20(28)16(27)8-12)19(21(18)29)23-6-2-1-3-11-4-5-11/h7-11,19,22-28H,1-6H2/t19-,22-/m1/s1. The molecule has 1 saturated carbocycles. The highest BCUT2D eigenvalue weighted by molar-refractivity contribution is 6.06. The number of Topliss-reactive ketones (excluding diaryl/α,β-unsaturated/α-hetero) is 1. The van der Waals surface area contributed by atoms with Crippen molar-refractivity contribution in [3.8, 4) is 34.5 Å². The molecular weight excluding hydrogens is 390 g/mol. The van der Waals surface area contributed by atoms with E-state index in [0.717, 1.165) is 24.8 Å². The van der Waals surface area contributed by atoms with Crippen LogP contribution in [-0.2, 0) is 0 Å². The minimum Gasteiger partial charge on any atom is -0.508 e. The van der Waals surface area contributed by atoms with Crippen molar-refractivity contribution in [3.63, 3.8) is 0 Å². The van der Waals surface area contributed by atoms with Crippen molar-refractivity contribution < 1.29 is 35.1 Å². The lowest BCUT2D eigenvalue weighted by atomic mass is 9.90. The minimum atomic E-state index is -0.952. The molecule has 8 heteroatoms. The number of hydrogen-bond acceptors (Lipinski definition) is 8. The third-order valence-corrected chi connectivity index (χ3v) is 5.67. The van der Waals surface area contributed by atoms with E-state index in [4.69, 9.17) is 4.74 Å². The molecular formula is C22H25NO7. The van der Waals surface area contributed by atoms with E-state index < -0.39 is 35.2 Å². The Morgan fingerprint density at radius 2 is 1.63 bits per heavy atom. The summed E-state index contributed by atoms with van der Waals surface area (Å²) in [6.07, 6.45) is 4.71. The second-order valence-corrected chi connectivity index (χ2v) is 8.02. The Bertz CT molecular complexity index is 947. The van der Waals surface area contributed by atoms with Crippen LogP contribution >= 0.6 is 0 Å². The summed E-state index contributed by atoms with van der Waals surface area (Å²) in [6.45, 7) is 0.549. The maximum Gasteiger partial charge on any atom is 0.200 e. The number of phenolic OH excluding ortho intramolecular Hbond substituents is 5. The quantitative estimate of drug-likeness (QED) is 0.300. The number of benzene rings is 2. The Morgan fingerprint density at radius 3 is 2.30 bits per heavy atom. The van der Waals surface area contributed by atoms with E-state index in [-0.39, 0.29) is 28.4 Å². The van der Waals surface area contributed by atoms with Gasteiger partial charge in [-0.1, -0.05) is 25.7 Å². The summed E-state index contributed by atoms with van der Waals surface area (Å²) in [5.74, 6) is -2.00. The van der Waals surface area contributed by atoms with E-state index in [1.807, 2.05) is 0 Å². The summed E-state index contributed by atoms with van der Waals surface area (Å²) in [6, 6.07) is 3.83. The number of phenols is 5. The minimum absolute atomic E-state index is 0.00124. The molecule has 8 nitrogen and oxygen atoms in total. The number of ketones is 1. The second-order valence-electron chi connectivity index (χ2n) is 8.02. The van der Waals surface area contributed by atoms with E-state index in [2.05, 4.69) is 5.32 Å². The number of carbonyl (C=O) groups excluding carboxylic acids is 1. The normalized spacial score (nSPS) is 20.6. The first-order valence-corrected chi connectivity index (χ1v) is 10.1. The maximum absolute atomic E-state index is 13.2. The molecule has 0 aromatic heterocycles. The van der Waals surface area contributed by atoms with Gasteiger partial charge in [0, 0.05) is 17.7 Å². The summed E-state index contributed by atoms with van der Waals surface area (Å²) in [7, 11) is 0. The summed E-state index contributed by atoms with van der Waals surface area (Å²) >= 11 is 0. The van der Waals surface area contributed by atoms with E-state index >= 15 is 0 Å². The molecule has 0 bridgehead atoms. The highest BCUT2D eigenvalue weighted by atomic mass is 16.5. The molecule has 4 rings (SSSR count). The smallest absolute Gasteiger partial charge is 0.200 e. The van der Waals surface area contributed by atoms with Crippen LogP contribution in [0.5, 0.6) is 34.5 Å². The van der Waals surface area contributed by atoms with Gasteiger partial charge in [-0.2, -0.15) is 0 Å². The van der Waals surface area contributed by atoms with Crippen LogP contribution in [0.4, 0.5) is 0 Å². The van der Waals surface area contributed by atoms with Crippen LogP contribution in [0.2, 0.25) is 0 Å². The first-order chi connectivity index (χ1) is 14.3. The van der Waals surface area contributed by atoms with E-state index in [0.29, 0.717) is 6.54 Å². The molecule has 1 fully saturated rings. The van der Waals surface area contributed by atoms with Gasteiger partial charge in [0.25, 0.3) is 0 Å². The van der Waals surface area contributed by atoms with Gasteiger partial charge in [0.15, 0.2) is 23.0 Å². The summed E-state index contributed by atoms with van der Waals surface area (Å²) in [5, 5.41) is 52.6. The number of aromatic hydroxyl groups is 5. The Labute approximate surface area is 173 Å². The van der Waals surface area contributed by atoms with Gasteiger partial charge >= 0.3 is 0 Å². The van der Waals surface area contributed by atoms with Crippen LogP contribution in [0.1, 0.15) is 54.1 Å². The number of fused-ring (bicyclic) bond motifs is 1. The number of hydrogen-bond donors (Lipinski definition) is 6. The highest BCUT2D eigenvalue weighted by Crippen LogP contribution is 2.44. The Kier molecular flexibility index (Phi) is 5.34. The molecule has 0 spiro atoms. The molecule has 0 radical (unpaired) electrons. The molecule has 1 aliphatic heterocycles. The monoisotopic (exact) mass is 415 g/mol. The van der Waals surface area contributed by atoms with Crippen molar-refractivity contribution in [2.24, 2.45) is 5.92 Å². The van der Waals surface area contributed by atoms with Gasteiger partial charge in [-0.05, 0) is 31.0 Å². The van der Waals surface area contributed by atoms with Crippen molar-refractivity contribution in [1.82, 2.24) is 5.32 Å². The lowest BCUT2D eigenvalue weighted by molar-refractivity contribution is 0.0727. The fourth-order valence-corrected chi connectivity index (χ4v) is 3.90. The van der Waals surface area contributed by atoms with Gasteiger partial charge in [-0.15, -0.1) is 0 Å². The number of nitrogens with one attached hydrogen (secondary N) is 1. The topological polar surface area (TPSA) is 139 Å². The van der Waals surface area contributed by atoms with E-state index in [9.17, 15) is 30.3 Å². The summed E-state index contributed by atoms with van der Waals surface area (Å²) < 4.78 is 5.91. The highest BCUT2D eigenvalue weighted by Gasteiger charge is 2.40. The molecule has 1 aliphatic carbocycles. The zero-order chi connectivity index (χ0) is 21.4. The fourth-order valence-electron chi connectivity index (χ4n) is 3.90. The molecule has 2 aliphatic rings. The van der Waals surface area contributed by atoms with E-state index in [1.165, 1.54) is 37.5 Å². The van der Waals surface area contributed by atoms with Gasteiger partial charge < -0.3 is 35.6 Å². The third kappa shape index (κ3) is 3.95. The molecule has 0 saturated heterocycles. The van der Waals surface area contributed by atoms with Gasteiger partial charge in [0.1, 0.15) is 35.0 Å². The van der Waals surface area contributed by atoms with E-state index in [1.54, 1.807) is 0 Å². The molecule has 0 amide bonds. The molecule has 160 valence electrons. The summed E-state index contributed by atoms with van der Waals surface area (Å²) in [4.78, 5) is 13.2. The van der Waals surface area contributed by atoms with Crippen LogP contribution in [0.25, 0.3) is 0 Å². The van der Waals surface area contributed by atoms with Crippen LogP contribution in [0.15, 0.2) is 24.3 Å². The van der Waals surface area contributed by atoms with Gasteiger partial charge in [-0.25, -0.2) is 0 Å². The molecule has 2 atom stereocenters. The number of ether oxygens (including phenoxy) is 1. The lowest BCUT2D eigenvalue weighted by Crippen LogP contribution is -2.47. The zero-order valence-corrected chi connectivity index (χ0v) is 16.3. The third-order valence-electron chi connectivity index (χ3n) is 5.67. The van der Waals surface area contributed by atoms with Crippen molar-refractivity contribution in [2.45, 2.75) is 44.2 Å². The largest absolute Gasteiger partial charge is 0.508 e. The molecule has 0 unspecified atom stereocenters. The lowest BCUT2D eigenvalue weighted by Gasteiger charge is -2.34. The Morgan fingerprint density at radius 1 is 0.933 bits per heavy atom. The Hall–Kier alpha value is -3.13. The predicted octanol–water partition coefficient (Wildman–Crippen LogP) is 3.07. The zero-order valence-electron chi connectivity index (χ0n) is 16.3. The number of rotatable bonds is 7. The van der Waals surface area contributed by atoms with Gasteiger partial charge in [0.05, 0.1) is 0 Å².